The molecule has 0 heterocycles. The van der Waals surface area contributed by atoms with Crippen LogP contribution >= 0.6 is 0 Å². The molecule has 6 atom stereocenters. The molecule has 0 saturated heterocycles. The molecule has 4 rings (SSSR count). The third-order valence-electron chi connectivity index (χ3n) is 8.44. The Morgan fingerprint density at radius 2 is 1.81 bits per heavy atom. The number of rotatable bonds is 0. The van der Waals surface area contributed by atoms with E-state index in [2.05, 4.69) is 19.0 Å². The Morgan fingerprint density at radius 1 is 0.952 bits per heavy atom. The van der Waals surface area contributed by atoms with Crippen molar-refractivity contribution in [2.75, 3.05) is 0 Å². The van der Waals surface area contributed by atoms with Gasteiger partial charge in [0.05, 0.1) is 5.71 Å². The van der Waals surface area contributed by atoms with Crippen LogP contribution in [0.25, 0.3) is 0 Å². The van der Waals surface area contributed by atoms with Crippen LogP contribution in [0.2, 0.25) is 0 Å². The van der Waals surface area contributed by atoms with Gasteiger partial charge in [-0.25, -0.2) is 0 Å². The first-order valence-corrected chi connectivity index (χ1v) is 9.31. The first kappa shape index (κ1) is 14.1. The monoisotopic (exact) mass is 289 g/mol. The van der Waals surface area contributed by atoms with Crippen molar-refractivity contribution >= 4 is 5.71 Å². The van der Waals surface area contributed by atoms with Gasteiger partial charge in [0.15, 0.2) is 0 Å². The van der Waals surface area contributed by atoms with Crippen molar-refractivity contribution in [1.29, 1.82) is 0 Å². The summed E-state index contributed by atoms with van der Waals surface area (Å²) in [5.41, 5.74) is 1.96. The quantitative estimate of drug-likeness (QED) is 0.479. The van der Waals surface area contributed by atoms with E-state index in [1.54, 1.807) is 0 Å². The molecule has 6 unspecified atom stereocenters. The summed E-state index contributed by atoms with van der Waals surface area (Å²) in [4.78, 5) is 0. The molecule has 4 aliphatic rings. The van der Waals surface area contributed by atoms with Crippen LogP contribution in [0, 0.1) is 34.5 Å². The van der Waals surface area contributed by atoms with Gasteiger partial charge in [0, 0.05) is 5.41 Å². The van der Waals surface area contributed by atoms with E-state index in [0.717, 1.165) is 35.8 Å². The minimum Gasteiger partial charge on any atom is -0.411 e. The molecule has 118 valence electrons. The fraction of sp³-hybridized carbons (Fsp3) is 0.947. The van der Waals surface area contributed by atoms with E-state index < -0.39 is 0 Å². The molecule has 1 N–H and O–H groups in total. The molecule has 0 aromatic heterocycles. The lowest BCUT2D eigenvalue weighted by molar-refractivity contribution is -0.0938. The van der Waals surface area contributed by atoms with Gasteiger partial charge in [-0.1, -0.05) is 31.8 Å². The lowest BCUT2D eigenvalue weighted by atomic mass is 9.45. The molecule has 0 spiro atoms. The van der Waals surface area contributed by atoms with Crippen molar-refractivity contribution in [2.45, 2.75) is 78.1 Å². The van der Waals surface area contributed by atoms with Crippen LogP contribution in [0.5, 0.6) is 0 Å². The van der Waals surface area contributed by atoms with Gasteiger partial charge in [0.1, 0.15) is 0 Å². The molecule has 4 fully saturated rings. The Balaban J connectivity index is 1.66. The van der Waals surface area contributed by atoms with Crippen molar-refractivity contribution in [3.05, 3.63) is 0 Å². The van der Waals surface area contributed by atoms with E-state index in [4.69, 9.17) is 0 Å². The Labute approximate surface area is 129 Å². The van der Waals surface area contributed by atoms with Crippen molar-refractivity contribution in [2.24, 2.45) is 39.7 Å². The second-order valence-corrected chi connectivity index (χ2v) is 8.94. The molecule has 0 amide bonds. The molecule has 21 heavy (non-hydrogen) atoms. The summed E-state index contributed by atoms with van der Waals surface area (Å²) in [5.74, 6) is 3.65. The van der Waals surface area contributed by atoms with Crippen molar-refractivity contribution < 1.29 is 5.21 Å². The van der Waals surface area contributed by atoms with E-state index >= 15 is 0 Å². The first-order chi connectivity index (χ1) is 10.1. The zero-order valence-corrected chi connectivity index (χ0v) is 13.8. The Bertz CT molecular complexity index is 458. The fourth-order valence-electron chi connectivity index (χ4n) is 7.25. The molecular weight excluding hydrogens is 258 g/mol. The van der Waals surface area contributed by atoms with Crippen LogP contribution in [0.3, 0.4) is 0 Å². The standard InChI is InChI=1S/C19H31NO/c1-18-11-4-3-5-13(18)6-7-14-15-8-9-17(20-21)19(15,2)12-10-16(14)18/h13-16,21H,3-12H2,1-2H3/b20-17+. The molecule has 4 aliphatic carbocycles. The summed E-state index contributed by atoms with van der Waals surface area (Å²) < 4.78 is 0. The van der Waals surface area contributed by atoms with Crippen molar-refractivity contribution in [1.82, 2.24) is 0 Å². The number of oxime groups is 1. The number of hydrogen-bond donors (Lipinski definition) is 1. The minimum atomic E-state index is 0.216. The van der Waals surface area contributed by atoms with Gasteiger partial charge in [-0.15, -0.1) is 0 Å². The molecule has 0 aromatic carbocycles. The summed E-state index contributed by atoms with van der Waals surface area (Å²) in [6, 6.07) is 0. The van der Waals surface area contributed by atoms with E-state index in [9.17, 15) is 5.21 Å². The highest BCUT2D eigenvalue weighted by molar-refractivity contribution is 5.91. The van der Waals surface area contributed by atoms with Gasteiger partial charge < -0.3 is 5.21 Å². The third kappa shape index (κ3) is 1.80. The maximum atomic E-state index is 9.39. The molecule has 2 heteroatoms. The molecule has 0 aliphatic heterocycles. The van der Waals surface area contributed by atoms with Crippen molar-refractivity contribution in [3.63, 3.8) is 0 Å². The maximum Gasteiger partial charge on any atom is 0.0632 e. The lowest BCUT2D eigenvalue weighted by Crippen LogP contribution is -2.52. The number of hydrogen-bond acceptors (Lipinski definition) is 2. The highest BCUT2D eigenvalue weighted by atomic mass is 16.4. The first-order valence-electron chi connectivity index (χ1n) is 9.31. The van der Waals surface area contributed by atoms with Gasteiger partial charge in [0.25, 0.3) is 0 Å². The maximum absolute atomic E-state index is 9.39. The summed E-state index contributed by atoms with van der Waals surface area (Å²) in [7, 11) is 0. The summed E-state index contributed by atoms with van der Waals surface area (Å²) in [6.07, 6.45) is 13.8. The zero-order chi connectivity index (χ0) is 14.7. The predicted octanol–water partition coefficient (Wildman–Crippen LogP) is 5.25. The van der Waals surface area contributed by atoms with Gasteiger partial charge in [-0.2, -0.15) is 0 Å². The molecule has 2 nitrogen and oxygen atoms in total. The van der Waals surface area contributed by atoms with Crippen molar-refractivity contribution in [3.8, 4) is 0 Å². The van der Waals surface area contributed by atoms with E-state index in [1.807, 2.05) is 0 Å². The van der Waals surface area contributed by atoms with Gasteiger partial charge in [-0.05, 0) is 80.5 Å². The molecule has 0 radical (unpaired) electrons. The molecular formula is C19H31NO. The van der Waals surface area contributed by atoms with Crippen LogP contribution in [0.1, 0.15) is 78.1 Å². The van der Waals surface area contributed by atoms with Gasteiger partial charge in [0.2, 0.25) is 0 Å². The topological polar surface area (TPSA) is 32.6 Å². The van der Waals surface area contributed by atoms with E-state index in [-0.39, 0.29) is 5.41 Å². The highest BCUT2D eigenvalue weighted by Crippen LogP contribution is 2.65. The molecule has 4 saturated carbocycles. The zero-order valence-electron chi connectivity index (χ0n) is 13.8. The average Bonchev–Trinajstić information content (AvgIpc) is 2.83. The van der Waals surface area contributed by atoms with Crippen LogP contribution < -0.4 is 0 Å². The van der Waals surface area contributed by atoms with Crippen LogP contribution in [-0.4, -0.2) is 10.9 Å². The summed E-state index contributed by atoms with van der Waals surface area (Å²) >= 11 is 0. The number of fused-ring (bicyclic) bond motifs is 5. The highest BCUT2D eigenvalue weighted by Gasteiger charge is 2.59. The number of nitrogens with zero attached hydrogens (tertiary/aromatic N) is 1. The van der Waals surface area contributed by atoms with E-state index in [0.29, 0.717) is 5.41 Å². The minimum absolute atomic E-state index is 0.216. The second kappa shape index (κ2) is 4.73. The van der Waals surface area contributed by atoms with Gasteiger partial charge >= 0.3 is 0 Å². The van der Waals surface area contributed by atoms with Gasteiger partial charge in [-0.3, -0.25) is 0 Å². The normalized spacial score (nSPS) is 54.9. The van der Waals surface area contributed by atoms with E-state index in [1.165, 1.54) is 57.8 Å². The van der Waals surface area contributed by atoms with Crippen LogP contribution in [0.4, 0.5) is 0 Å². The Kier molecular flexibility index (Phi) is 3.17. The smallest absolute Gasteiger partial charge is 0.0632 e. The fourth-order valence-corrected chi connectivity index (χ4v) is 7.25. The predicted molar refractivity (Wildman–Crippen MR) is 85.6 cm³/mol. The summed E-state index contributed by atoms with van der Waals surface area (Å²) in [6.45, 7) is 5.03. The molecule has 0 aromatic rings. The third-order valence-corrected chi connectivity index (χ3v) is 8.44. The molecule has 0 bridgehead atoms. The Morgan fingerprint density at radius 3 is 2.62 bits per heavy atom. The summed E-state index contributed by atoms with van der Waals surface area (Å²) in [5, 5.41) is 13.1. The van der Waals surface area contributed by atoms with Crippen LogP contribution in [0.15, 0.2) is 5.16 Å². The van der Waals surface area contributed by atoms with Crippen LogP contribution in [-0.2, 0) is 0 Å². The largest absolute Gasteiger partial charge is 0.411 e. The lowest BCUT2D eigenvalue weighted by Gasteiger charge is -2.59. The SMILES string of the molecule is CC12CCC3C(CCC4CCCCC43C)C1CC/C2=N\O. The average molecular weight is 289 g/mol. The Hall–Kier alpha value is -0.530. The second-order valence-electron chi connectivity index (χ2n) is 8.94.